The van der Waals surface area contributed by atoms with Gasteiger partial charge in [-0.25, -0.2) is 9.79 Å². The molecular formula is C30H20ClF3N4O9S. The van der Waals surface area contributed by atoms with E-state index in [1.54, 1.807) is 0 Å². The highest BCUT2D eigenvalue weighted by Gasteiger charge is 2.45. The van der Waals surface area contributed by atoms with Gasteiger partial charge in [0.25, 0.3) is 11.2 Å². The topological polar surface area (TPSA) is 165 Å². The van der Waals surface area contributed by atoms with E-state index >= 15 is 0 Å². The van der Waals surface area contributed by atoms with Crippen LogP contribution in [-0.4, -0.2) is 40.3 Å². The molecule has 5 rings (SSSR count). The number of fused-ring (bicyclic) bond motifs is 1. The largest absolute Gasteiger partial charge is 0.493 e. The number of methoxy groups -OCH3 is 1. The average molecular weight is 705 g/mol. The summed E-state index contributed by atoms with van der Waals surface area (Å²) in [6.07, 6.45) is -3.73. The Morgan fingerprint density at radius 2 is 1.73 bits per heavy atom. The molecule has 18 heteroatoms. The van der Waals surface area contributed by atoms with Gasteiger partial charge in [-0.05, 0) is 54.5 Å². The fraction of sp³-hybridized carbons (Fsp3) is 0.167. The Hall–Kier alpha value is -5.55. The predicted molar refractivity (Wildman–Crippen MR) is 165 cm³/mol. The Labute approximate surface area is 275 Å². The molecule has 0 N–H and O–H groups in total. The second-order valence-corrected chi connectivity index (χ2v) is 11.2. The second-order valence-electron chi connectivity index (χ2n) is 9.79. The van der Waals surface area contributed by atoms with Crippen molar-refractivity contribution in [3.8, 4) is 17.2 Å². The van der Waals surface area contributed by atoms with Crippen molar-refractivity contribution in [2.45, 2.75) is 19.1 Å². The second kappa shape index (κ2) is 13.3. The van der Waals surface area contributed by atoms with Crippen molar-refractivity contribution in [2.24, 2.45) is 4.99 Å². The maximum atomic E-state index is 14.3. The maximum Gasteiger partial charge on any atom is 0.434 e. The highest BCUT2D eigenvalue weighted by molar-refractivity contribution is 7.07. The van der Waals surface area contributed by atoms with Crippen LogP contribution >= 0.6 is 22.9 Å². The number of rotatable bonds is 9. The average Bonchev–Trinajstić information content (AvgIpc) is 3.35. The molecule has 0 saturated heterocycles. The number of hydrogen-bond acceptors (Lipinski definition) is 11. The number of aromatic nitrogens is 1. The summed E-state index contributed by atoms with van der Waals surface area (Å²) in [5.41, 5.74) is -3.87. The van der Waals surface area contributed by atoms with E-state index in [1.807, 2.05) is 0 Å². The lowest BCUT2D eigenvalue weighted by Crippen LogP contribution is -2.41. The lowest BCUT2D eigenvalue weighted by molar-refractivity contribution is -0.394. The van der Waals surface area contributed by atoms with Gasteiger partial charge >= 0.3 is 17.8 Å². The molecule has 4 aromatic rings. The van der Waals surface area contributed by atoms with Crippen LogP contribution in [0.5, 0.6) is 17.2 Å². The minimum absolute atomic E-state index is 0.0234. The Balaban J connectivity index is 1.63. The monoisotopic (exact) mass is 704 g/mol. The first-order valence-electron chi connectivity index (χ1n) is 13.6. The lowest BCUT2D eigenvalue weighted by atomic mass is 9.95. The van der Waals surface area contributed by atoms with Crippen LogP contribution in [0.2, 0.25) is 5.02 Å². The number of thiazole rings is 1. The number of ether oxygens (including phenoxy) is 3. The van der Waals surface area contributed by atoms with Crippen LogP contribution in [0.1, 0.15) is 24.1 Å². The Morgan fingerprint density at radius 1 is 1.04 bits per heavy atom. The van der Waals surface area contributed by atoms with E-state index in [9.17, 15) is 43.0 Å². The third-order valence-corrected chi connectivity index (χ3v) is 8.07. The number of nitro groups is 2. The van der Waals surface area contributed by atoms with Crippen molar-refractivity contribution in [3.63, 3.8) is 0 Å². The maximum absolute atomic E-state index is 14.3. The molecule has 1 aliphatic heterocycles. The van der Waals surface area contributed by atoms with Gasteiger partial charge in [0.15, 0.2) is 22.0 Å². The van der Waals surface area contributed by atoms with Crippen molar-refractivity contribution >= 4 is 46.4 Å². The Kier molecular flexibility index (Phi) is 9.36. The lowest BCUT2D eigenvalue weighted by Gasteiger charge is -2.26. The number of carbonyl (C=O) groups is 1. The summed E-state index contributed by atoms with van der Waals surface area (Å²) < 4.78 is 59.9. The van der Waals surface area contributed by atoms with E-state index in [4.69, 9.17) is 25.8 Å². The van der Waals surface area contributed by atoms with Crippen LogP contribution < -0.4 is 24.4 Å². The first kappa shape index (κ1) is 33.8. The molecule has 0 radical (unpaired) electrons. The predicted octanol–water partition coefficient (Wildman–Crippen LogP) is 5.61. The van der Waals surface area contributed by atoms with E-state index in [2.05, 4.69) is 4.99 Å². The van der Waals surface area contributed by atoms with Crippen molar-refractivity contribution in [3.05, 3.63) is 128 Å². The third kappa shape index (κ3) is 6.63. The number of benzene rings is 3. The van der Waals surface area contributed by atoms with Crippen LogP contribution in [0.3, 0.4) is 0 Å². The zero-order valence-corrected chi connectivity index (χ0v) is 26.1. The van der Waals surface area contributed by atoms with Gasteiger partial charge in [-0.15, -0.1) is 0 Å². The van der Waals surface area contributed by atoms with Crippen molar-refractivity contribution in [2.75, 3.05) is 13.7 Å². The number of allylic oxidation sites excluding steroid dienone is 1. The minimum Gasteiger partial charge on any atom is -0.493 e. The summed E-state index contributed by atoms with van der Waals surface area (Å²) in [4.78, 5) is 51.1. The number of alkyl halides is 3. The van der Waals surface area contributed by atoms with Crippen LogP contribution in [0.15, 0.2) is 81.7 Å². The van der Waals surface area contributed by atoms with Crippen molar-refractivity contribution in [1.29, 1.82) is 0 Å². The number of nitro benzene ring substituents is 2. The summed E-state index contributed by atoms with van der Waals surface area (Å²) in [6.45, 7) is 1.19. The van der Waals surface area contributed by atoms with Crippen LogP contribution in [0, 0.1) is 20.2 Å². The van der Waals surface area contributed by atoms with Gasteiger partial charge in [-0.3, -0.25) is 29.6 Å². The summed E-state index contributed by atoms with van der Waals surface area (Å²) in [6, 6.07) is 11.0. The highest BCUT2D eigenvalue weighted by atomic mass is 35.5. The molecule has 13 nitrogen and oxygen atoms in total. The molecule has 0 unspecified atom stereocenters. The molecule has 48 heavy (non-hydrogen) atoms. The van der Waals surface area contributed by atoms with Gasteiger partial charge in [-0.2, -0.15) is 13.2 Å². The molecule has 0 spiro atoms. The van der Waals surface area contributed by atoms with Gasteiger partial charge in [0, 0.05) is 11.1 Å². The first-order chi connectivity index (χ1) is 22.7. The molecule has 1 aromatic heterocycles. The number of carbonyl (C=O) groups excluding carboxylic acids is 1. The fourth-order valence-corrected chi connectivity index (χ4v) is 5.90. The van der Waals surface area contributed by atoms with Gasteiger partial charge in [0.2, 0.25) is 5.75 Å². The summed E-state index contributed by atoms with van der Waals surface area (Å²) in [7, 11) is 1.27. The van der Waals surface area contributed by atoms with Gasteiger partial charge in [-0.1, -0.05) is 41.1 Å². The standard InChI is InChI=1S/C30H20ClF3N4O9S/c1-3-46-28(40)24-25(16-5-7-17(31)8-6-16)36-27(39)23(48-29(36)35-26(24)30(32,33)34)13-15-4-10-21(22(12-15)45-2)47-20-11-9-18(37(41)42)14-19(20)38(43)44/h4-14,25H,3H2,1-2H3/b23-13-/t25-/m0/s1. The molecule has 3 aromatic carbocycles. The van der Waals surface area contributed by atoms with E-state index in [0.29, 0.717) is 16.9 Å². The molecule has 0 aliphatic carbocycles. The van der Waals surface area contributed by atoms with E-state index in [-0.39, 0.29) is 43.8 Å². The number of halogens is 4. The van der Waals surface area contributed by atoms with Crippen molar-refractivity contribution < 1.29 is 42.0 Å². The molecule has 1 aliphatic rings. The first-order valence-corrected chi connectivity index (χ1v) is 14.8. The zero-order valence-electron chi connectivity index (χ0n) is 24.5. The number of esters is 1. The summed E-state index contributed by atoms with van der Waals surface area (Å²) in [5.74, 6) is -1.60. The zero-order chi connectivity index (χ0) is 34.9. The normalized spacial score (nSPS) is 14.6. The summed E-state index contributed by atoms with van der Waals surface area (Å²) >= 11 is 6.65. The SMILES string of the molecule is CCOC(=O)C1=C(C(F)(F)F)N=c2s/c(=C\c3ccc(Oc4ccc([N+](=O)[O-])cc4[N+](=O)[O-])c(OC)c3)c(=O)n2[C@H]1c1ccc(Cl)cc1. The highest BCUT2D eigenvalue weighted by Crippen LogP contribution is 2.40. The minimum atomic E-state index is -5.08. The molecule has 0 fully saturated rings. The molecule has 2 heterocycles. The molecule has 1 atom stereocenters. The quantitative estimate of drug-likeness (QED) is 0.122. The van der Waals surface area contributed by atoms with Crippen molar-refractivity contribution in [1.82, 2.24) is 4.57 Å². The molecule has 248 valence electrons. The molecule has 0 amide bonds. The molecule has 0 bridgehead atoms. The van der Waals surface area contributed by atoms with Crippen LogP contribution in [0.25, 0.3) is 6.08 Å². The summed E-state index contributed by atoms with van der Waals surface area (Å²) in [5, 5.41) is 22.9. The smallest absolute Gasteiger partial charge is 0.434 e. The van der Waals surface area contributed by atoms with E-state index < -0.39 is 56.2 Å². The van der Waals surface area contributed by atoms with Gasteiger partial charge in [0.05, 0.1) is 45.8 Å². The van der Waals surface area contributed by atoms with Crippen LogP contribution in [-0.2, 0) is 9.53 Å². The van der Waals surface area contributed by atoms with Crippen LogP contribution in [0.4, 0.5) is 24.5 Å². The Bertz CT molecular complexity index is 2180. The molecule has 0 saturated carbocycles. The number of non-ortho nitro benzene ring substituents is 1. The molecular weight excluding hydrogens is 685 g/mol. The van der Waals surface area contributed by atoms with E-state index in [1.165, 1.54) is 62.6 Å². The van der Waals surface area contributed by atoms with E-state index in [0.717, 1.165) is 22.8 Å². The van der Waals surface area contributed by atoms with Gasteiger partial charge in [0.1, 0.15) is 0 Å². The number of hydrogen-bond donors (Lipinski definition) is 0. The number of nitrogens with zero attached hydrogens (tertiary/aromatic N) is 4. The van der Waals surface area contributed by atoms with Gasteiger partial charge < -0.3 is 14.2 Å². The third-order valence-electron chi connectivity index (χ3n) is 6.84. The Morgan fingerprint density at radius 3 is 2.33 bits per heavy atom. The fourth-order valence-electron chi connectivity index (χ4n) is 4.78.